The van der Waals surface area contributed by atoms with Crippen molar-refractivity contribution in [1.29, 1.82) is 0 Å². The van der Waals surface area contributed by atoms with Gasteiger partial charge in [-0.3, -0.25) is 9.59 Å². The maximum Gasteiger partial charge on any atom is 0.261 e. The largest absolute Gasteiger partial charge is 0.484 e. The van der Waals surface area contributed by atoms with Gasteiger partial charge in [-0.1, -0.05) is 77.8 Å². The van der Waals surface area contributed by atoms with Crippen molar-refractivity contribution in [2.75, 3.05) is 13.7 Å². The molecule has 0 aromatic heterocycles. The first kappa shape index (κ1) is 23.6. The first-order valence-electron chi connectivity index (χ1n) is 10.1. The molecule has 3 aromatic rings. The van der Waals surface area contributed by atoms with E-state index >= 15 is 0 Å². The molecular formula is C25H24Cl2N2O3. The van der Waals surface area contributed by atoms with Crippen molar-refractivity contribution >= 4 is 35.0 Å². The molecule has 1 N–H and O–H groups in total. The van der Waals surface area contributed by atoms with Crippen LogP contribution in [0.15, 0.2) is 78.9 Å². The summed E-state index contributed by atoms with van der Waals surface area (Å²) in [5.41, 5.74) is 1.70. The fourth-order valence-corrected chi connectivity index (χ4v) is 3.62. The molecule has 0 saturated carbocycles. The maximum atomic E-state index is 13.3. The number of hydrogen-bond acceptors (Lipinski definition) is 3. The lowest BCUT2D eigenvalue weighted by Crippen LogP contribution is -2.51. The smallest absolute Gasteiger partial charge is 0.261 e. The van der Waals surface area contributed by atoms with Gasteiger partial charge >= 0.3 is 0 Å². The second-order valence-electron chi connectivity index (χ2n) is 7.19. The fraction of sp³-hybridized carbons (Fsp3) is 0.200. The van der Waals surface area contributed by atoms with Gasteiger partial charge in [-0.25, -0.2) is 0 Å². The zero-order valence-electron chi connectivity index (χ0n) is 17.6. The molecule has 7 heteroatoms. The van der Waals surface area contributed by atoms with E-state index in [2.05, 4.69) is 5.32 Å². The molecule has 0 saturated heterocycles. The van der Waals surface area contributed by atoms with Crippen molar-refractivity contribution in [2.24, 2.45) is 0 Å². The lowest BCUT2D eigenvalue weighted by Gasteiger charge is -2.31. The Morgan fingerprint density at radius 1 is 0.906 bits per heavy atom. The molecule has 3 rings (SSSR count). The number of likely N-dealkylation sites (N-methyl/N-ethyl adjacent to an activating group) is 1. The second-order valence-corrected chi connectivity index (χ2v) is 8.01. The molecule has 166 valence electrons. The van der Waals surface area contributed by atoms with Gasteiger partial charge in [-0.2, -0.15) is 0 Å². The number of ether oxygens (including phenoxy) is 1. The molecule has 0 bridgehead atoms. The van der Waals surface area contributed by atoms with E-state index in [0.717, 1.165) is 11.1 Å². The van der Waals surface area contributed by atoms with Crippen molar-refractivity contribution in [1.82, 2.24) is 10.2 Å². The minimum Gasteiger partial charge on any atom is -0.484 e. The summed E-state index contributed by atoms with van der Waals surface area (Å²) in [4.78, 5) is 27.7. The highest BCUT2D eigenvalue weighted by Crippen LogP contribution is 2.24. The molecule has 1 unspecified atom stereocenters. The zero-order chi connectivity index (χ0) is 22.9. The molecule has 0 aliphatic carbocycles. The summed E-state index contributed by atoms with van der Waals surface area (Å²) >= 11 is 12.2. The number of nitrogens with zero attached hydrogens (tertiary/aromatic N) is 1. The van der Waals surface area contributed by atoms with E-state index in [-0.39, 0.29) is 25.0 Å². The third-order valence-electron chi connectivity index (χ3n) is 4.96. The number of amides is 2. The van der Waals surface area contributed by atoms with Crippen molar-refractivity contribution in [2.45, 2.75) is 19.0 Å². The molecule has 32 heavy (non-hydrogen) atoms. The molecule has 1 atom stereocenters. The van der Waals surface area contributed by atoms with Crippen LogP contribution in [-0.4, -0.2) is 36.4 Å². The summed E-state index contributed by atoms with van der Waals surface area (Å²) in [6, 6.07) is 23.1. The minimum atomic E-state index is -0.733. The molecule has 5 nitrogen and oxygen atoms in total. The quantitative estimate of drug-likeness (QED) is 0.490. The van der Waals surface area contributed by atoms with Crippen molar-refractivity contribution < 1.29 is 14.3 Å². The Labute approximate surface area is 197 Å². The SMILES string of the molecule is CNC(=O)C(Cc1ccccc1)N(Cc1ccc(Cl)c(Cl)c1)C(=O)COc1ccccc1. The average Bonchev–Trinajstić information content (AvgIpc) is 2.82. The molecule has 0 aliphatic heterocycles. The first-order valence-corrected chi connectivity index (χ1v) is 10.9. The van der Waals surface area contributed by atoms with Gasteiger partial charge in [0.05, 0.1) is 10.0 Å². The van der Waals surface area contributed by atoms with Crippen LogP contribution in [0.5, 0.6) is 5.75 Å². The number of halogens is 2. The normalized spacial score (nSPS) is 11.5. The van der Waals surface area contributed by atoms with Gasteiger partial charge in [0, 0.05) is 20.0 Å². The van der Waals surface area contributed by atoms with E-state index in [1.165, 1.54) is 4.90 Å². The van der Waals surface area contributed by atoms with Crippen molar-refractivity contribution in [3.05, 3.63) is 100 Å². The highest BCUT2D eigenvalue weighted by atomic mass is 35.5. The Balaban J connectivity index is 1.89. The Morgan fingerprint density at radius 3 is 2.19 bits per heavy atom. The van der Waals surface area contributed by atoms with Gasteiger partial charge in [0.25, 0.3) is 5.91 Å². The summed E-state index contributed by atoms with van der Waals surface area (Å²) in [5.74, 6) is 0.00122. The van der Waals surface area contributed by atoms with Gasteiger partial charge in [0.1, 0.15) is 11.8 Å². The summed E-state index contributed by atoms with van der Waals surface area (Å²) in [6.07, 6.45) is 0.360. The molecule has 0 radical (unpaired) electrons. The van der Waals surface area contributed by atoms with Gasteiger partial charge in [0.15, 0.2) is 6.61 Å². The standard InChI is InChI=1S/C25H24Cl2N2O3/c1-28-25(31)23(15-18-8-4-2-5-9-18)29(16-19-12-13-21(26)22(27)14-19)24(30)17-32-20-10-6-3-7-11-20/h2-14,23H,15-17H2,1H3,(H,28,31). The maximum absolute atomic E-state index is 13.3. The number of benzene rings is 3. The minimum absolute atomic E-state index is 0.179. The van der Waals surface area contributed by atoms with Crippen LogP contribution in [0.4, 0.5) is 0 Å². The van der Waals surface area contributed by atoms with Crippen molar-refractivity contribution in [3.8, 4) is 5.75 Å². The molecule has 0 spiro atoms. The monoisotopic (exact) mass is 470 g/mol. The van der Waals surface area contributed by atoms with Crippen LogP contribution in [0.25, 0.3) is 0 Å². The van der Waals surface area contributed by atoms with Gasteiger partial charge in [-0.05, 0) is 35.4 Å². The number of carbonyl (C=O) groups excluding carboxylic acids is 2. The predicted octanol–water partition coefficient (Wildman–Crippen LogP) is 4.76. The summed E-state index contributed by atoms with van der Waals surface area (Å²) in [6.45, 7) is -0.0214. The van der Waals surface area contributed by atoms with E-state index in [4.69, 9.17) is 27.9 Å². The van der Waals surface area contributed by atoms with E-state index in [1.54, 1.807) is 37.4 Å². The number of hydrogen-bond donors (Lipinski definition) is 1. The molecule has 3 aromatic carbocycles. The Morgan fingerprint density at radius 2 is 1.56 bits per heavy atom. The van der Waals surface area contributed by atoms with Crippen LogP contribution in [-0.2, 0) is 22.6 Å². The molecule has 0 aliphatic rings. The summed E-state index contributed by atoms with van der Waals surface area (Å²) < 4.78 is 5.67. The lowest BCUT2D eigenvalue weighted by molar-refractivity contribution is -0.142. The topological polar surface area (TPSA) is 58.6 Å². The Hall–Kier alpha value is -3.02. The van der Waals surface area contributed by atoms with Crippen molar-refractivity contribution in [3.63, 3.8) is 0 Å². The van der Waals surface area contributed by atoms with E-state index in [9.17, 15) is 9.59 Å². The summed E-state index contributed by atoms with van der Waals surface area (Å²) in [7, 11) is 1.56. The highest BCUT2D eigenvalue weighted by Gasteiger charge is 2.30. The van der Waals surface area contributed by atoms with Crippen LogP contribution in [0.3, 0.4) is 0 Å². The number of carbonyl (C=O) groups is 2. The van der Waals surface area contributed by atoms with Crippen LogP contribution < -0.4 is 10.1 Å². The number of rotatable bonds is 9. The molecule has 2 amide bonds. The predicted molar refractivity (Wildman–Crippen MR) is 127 cm³/mol. The fourth-order valence-electron chi connectivity index (χ4n) is 3.30. The van der Waals surface area contributed by atoms with Gasteiger partial charge in [-0.15, -0.1) is 0 Å². The van der Waals surface area contributed by atoms with Crippen LogP contribution >= 0.6 is 23.2 Å². The molecular weight excluding hydrogens is 447 g/mol. The third-order valence-corrected chi connectivity index (χ3v) is 5.70. The van der Waals surface area contributed by atoms with Gasteiger partial charge < -0.3 is 15.0 Å². The Kier molecular flexibility index (Phi) is 8.54. The zero-order valence-corrected chi connectivity index (χ0v) is 19.1. The van der Waals surface area contributed by atoms with Crippen LogP contribution in [0.1, 0.15) is 11.1 Å². The van der Waals surface area contributed by atoms with E-state index in [0.29, 0.717) is 22.2 Å². The van der Waals surface area contributed by atoms with E-state index in [1.807, 2.05) is 48.5 Å². The average molecular weight is 471 g/mol. The molecule has 0 heterocycles. The third kappa shape index (κ3) is 6.49. The van der Waals surface area contributed by atoms with Crippen LogP contribution in [0, 0.1) is 0 Å². The Bertz CT molecular complexity index is 1050. The van der Waals surface area contributed by atoms with Gasteiger partial charge in [0.2, 0.25) is 5.91 Å². The number of para-hydroxylation sites is 1. The lowest BCUT2D eigenvalue weighted by atomic mass is 10.0. The first-order chi connectivity index (χ1) is 15.5. The van der Waals surface area contributed by atoms with E-state index < -0.39 is 6.04 Å². The molecule has 0 fully saturated rings. The number of nitrogens with one attached hydrogen (secondary N) is 1. The second kappa shape index (κ2) is 11.6. The summed E-state index contributed by atoms with van der Waals surface area (Å²) in [5, 5.41) is 3.49. The van der Waals surface area contributed by atoms with Crippen LogP contribution in [0.2, 0.25) is 10.0 Å². The highest BCUT2D eigenvalue weighted by molar-refractivity contribution is 6.42.